The molecule has 2 aromatic carbocycles. The van der Waals surface area contributed by atoms with Gasteiger partial charge in [0.15, 0.2) is 11.6 Å². The molecule has 146 valence electrons. The predicted octanol–water partition coefficient (Wildman–Crippen LogP) is 1.57. The Bertz CT molecular complexity index is 840. The molecule has 0 aromatic heterocycles. The van der Waals surface area contributed by atoms with Crippen LogP contribution in [0.2, 0.25) is 0 Å². The lowest BCUT2D eigenvalue weighted by Gasteiger charge is -2.34. The molecular formula is C19H23FN2O4S. The highest BCUT2D eigenvalue weighted by molar-refractivity contribution is 7.89. The van der Waals surface area contributed by atoms with Crippen molar-refractivity contribution in [3.05, 3.63) is 60.4 Å². The Kier molecular flexibility index (Phi) is 6.43. The number of aliphatic hydroxyl groups excluding tert-OH is 1. The molecule has 1 saturated heterocycles. The van der Waals surface area contributed by atoms with E-state index in [0.29, 0.717) is 32.7 Å². The summed E-state index contributed by atoms with van der Waals surface area (Å²) >= 11 is 0. The zero-order chi connectivity index (χ0) is 19.3. The molecule has 1 unspecified atom stereocenters. The van der Waals surface area contributed by atoms with Crippen LogP contribution in [0, 0.1) is 5.82 Å². The van der Waals surface area contributed by atoms with E-state index in [1.165, 1.54) is 16.4 Å². The van der Waals surface area contributed by atoms with Crippen LogP contribution in [-0.4, -0.2) is 68.2 Å². The summed E-state index contributed by atoms with van der Waals surface area (Å²) in [6, 6.07) is 14.4. The number of hydrogen-bond acceptors (Lipinski definition) is 5. The number of benzene rings is 2. The Morgan fingerprint density at radius 3 is 2.30 bits per heavy atom. The summed E-state index contributed by atoms with van der Waals surface area (Å²) in [7, 11) is -3.49. The maximum absolute atomic E-state index is 13.5. The van der Waals surface area contributed by atoms with Gasteiger partial charge in [-0.05, 0) is 24.3 Å². The molecule has 1 N–H and O–H groups in total. The summed E-state index contributed by atoms with van der Waals surface area (Å²) in [5, 5.41) is 10.1. The fourth-order valence-corrected chi connectivity index (χ4v) is 4.44. The number of para-hydroxylation sites is 1. The van der Waals surface area contributed by atoms with Crippen LogP contribution in [0.5, 0.6) is 5.75 Å². The van der Waals surface area contributed by atoms with Crippen molar-refractivity contribution in [3.8, 4) is 5.75 Å². The first-order chi connectivity index (χ1) is 13.0. The minimum absolute atomic E-state index is 0.0243. The molecule has 0 radical (unpaired) electrons. The number of aliphatic hydroxyl groups is 1. The number of piperazine rings is 1. The zero-order valence-corrected chi connectivity index (χ0v) is 15.7. The maximum Gasteiger partial charge on any atom is 0.243 e. The maximum atomic E-state index is 13.5. The molecule has 1 aliphatic heterocycles. The fraction of sp³-hybridized carbons (Fsp3) is 0.368. The lowest BCUT2D eigenvalue weighted by Crippen LogP contribution is -2.50. The molecule has 0 spiro atoms. The van der Waals surface area contributed by atoms with Crippen LogP contribution in [0.25, 0.3) is 0 Å². The van der Waals surface area contributed by atoms with E-state index in [2.05, 4.69) is 0 Å². The van der Waals surface area contributed by atoms with Gasteiger partial charge in [-0.1, -0.05) is 30.3 Å². The third kappa shape index (κ3) is 5.04. The smallest absolute Gasteiger partial charge is 0.243 e. The van der Waals surface area contributed by atoms with E-state index in [9.17, 15) is 17.9 Å². The SMILES string of the molecule is O=S(=O)(c1ccccc1)N1CCN(CC(O)COc2ccccc2F)CC1. The van der Waals surface area contributed by atoms with Gasteiger partial charge in [0.05, 0.1) is 4.90 Å². The van der Waals surface area contributed by atoms with Crippen molar-refractivity contribution < 1.29 is 22.7 Å². The number of sulfonamides is 1. The summed E-state index contributed by atoms with van der Waals surface area (Å²) in [5.41, 5.74) is 0. The van der Waals surface area contributed by atoms with Crippen LogP contribution in [0.1, 0.15) is 0 Å². The van der Waals surface area contributed by atoms with E-state index >= 15 is 0 Å². The molecule has 0 saturated carbocycles. The average molecular weight is 394 g/mol. The minimum Gasteiger partial charge on any atom is -0.488 e. The molecule has 1 heterocycles. The van der Waals surface area contributed by atoms with Gasteiger partial charge in [0.1, 0.15) is 12.7 Å². The zero-order valence-electron chi connectivity index (χ0n) is 14.9. The topological polar surface area (TPSA) is 70.1 Å². The molecule has 0 bridgehead atoms. The molecular weight excluding hydrogens is 371 g/mol. The van der Waals surface area contributed by atoms with Gasteiger partial charge in [0.25, 0.3) is 0 Å². The highest BCUT2D eigenvalue weighted by Gasteiger charge is 2.28. The molecule has 3 rings (SSSR count). The Morgan fingerprint density at radius 1 is 1.00 bits per heavy atom. The highest BCUT2D eigenvalue weighted by Crippen LogP contribution is 2.18. The normalized spacial score (nSPS) is 17.6. The third-order valence-electron chi connectivity index (χ3n) is 4.45. The second-order valence-electron chi connectivity index (χ2n) is 6.41. The third-order valence-corrected chi connectivity index (χ3v) is 6.36. The van der Waals surface area contributed by atoms with E-state index in [1.54, 1.807) is 42.5 Å². The van der Waals surface area contributed by atoms with Crippen molar-refractivity contribution >= 4 is 10.0 Å². The Labute approximate surface area is 158 Å². The van der Waals surface area contributed by atoms with Crippen molar-refractivity contribution in [2.45, 2.75) is 11.0 Å². The first kappa shape index (κ1) is 19.8. The van der Waals surface area contributed by atoms with Crippen molar-refractivity contribution in [1.82, 2.24) is 9.21 Å². The van der Waals surface area contributed by atoms with Crippen LogP contribution < -0.4 is 4.74 Å². The van der Waals surface area contributed by atoms with Gasteiger partial charge >= 0.3 is 0 Å². The van der Waals surface area contributed by atoms with E-state index in [4.69, 9.17) is 4.74 Å². The van der Waals surface area contributed by atoms with Gasteiger partial charge in [-0.15, -0.1) is 0 Å². The van der Waals surface area contributed by atoms with Crippen LogP contribution in [0.4, 0.5) is 4.39 Å². The number of hydrogen-bond donors (Lipinski definition) is 1. The second kappa shape index (κ2) is 8.79. The molecule has 0 amide bonds. The van der Waals surface area contributed by atoms with Crippen molar-refractivity contribution in [2.75, 3.05) is 39.3 Å². The largest absolute Gasteiger partial charge is 0.488 e. The Hall–Kier alpha value is -2.00. The molecule has 1 atom stereocenters. The molecule has 27 heavy (non-hydrogen) atoms. The number of ether oxygens (including phenoxy) is 1. The summed E-state index contributed by atoms with van der Waals surface area (Å²) in [6.45, 7) is 2.07. The molecule has 1 aliphatic rings. The van der Waals surface area contributed by atoms with Crippen LogP contribution in [-0.2, 0) is 10.0 Å². The van der Waals surface area contributed by atoms with Crippen molar-refractivity contribution in [3.63, 3.8) is 0 Å². The van der Waals surface area contributed by atoms with Crippen LogP contribution >= 0.6 is 0 Å². The van der Waals surface area contributed by atoms with E-state index in [0.717, 1.165) is 0 Å². The molecule has 1 fully saturated rings. The van der Waals surface area contributed by atoms with Gasteiger partial charge in [0.2, 0.25) is 10.0 Å². The van der Waals surface area contributed by atoms with E-state index < -0.39 is 21.9 Å². The summed E-state index contributed by atoms with van der Waals surface area (Å²) in [4.78, 5) is 2.27. The highest BCUT2D eigenvalue weighted by atomic mass is 32.2. The quantitative estimate of drug-likeness (QED) is 0.772. The standard InChI is InChI=1S/C19H23FN2O4S/c20-18-8-4-5-9-19(18)26-15-16(23)14-21-10-12-22(13-11-21)27(24,25)17-6-2-1-3-7-17/h1-9,16,23H,10-15H2. The van der Waals surface area contributed by atoms with Gasteiger partial charge in [-0.3, -0.25) is 4.90 Å². The molecule has 0 aliphatic carbocycles. The molecule has 6 nitrogen and oxygen atoms in total. The summed E-state index contributed by atoms with van der Waals surface area (Å²) in [6.07, 6.45) is -0.790. The van der Waals surface area contributed by atoms with Crippen molar-refractivity contribution in [1.29, 1.82) is 0 Å². The summed E-state index contributed by atoms with van der Waals surface area (Å²) < 4.78 is 45.5. The first-order valence-electron chi connectivity index (χ1n) is 8.80. The molecule has 2 aromatic rings. The number of halogens is 1. The van der Waals surface area contributed by atoms with Crippen molar-refractivity contribution in [2.24, 2.45) is 0 Å². The van der Waals surface area contributed by atoms with Gasteiger partial charge in [-0.2, -0.15) is 4.31 Å². The first-order valence-corrected chi connectivity index (χ1v) is 10.2. The predicted molar refractivity (Wildman–Crippen MR) is 99.5 cm³/mol. The average Bonchev–Trinajstić information content (AvgIpc) is 2.68. The Morgan fingerprint density at radius 2 is 1.63 bits per heavy atom. The molecule has 8 heteroatoms. The van der Waals surface area contributed by atoms with Gasteiger partial charge in [-0.25, -0.2) is 12.8 Å². The van der Waals surface area contributed by atoms with Gasteiger partial charge < -0.3 is 9.84 Å². The fourth-order valence-electron chi connectivity index (χ4n) is 2.99. The van der Waals surface area contributed by atoms with E-state index in [1.807, 2.05) is 4.90 Å². The lowest BCUT2D eigenvalue weighted by atomic mass is 10.3. The monoisotopic (exact) mass is 394 g/mol. The van der Waals surface area contributed by atoms with E-state index in [-0.39, 0.29) is 17.3 Å². The number of rotatable bonds is 7. The number of nitrogens with zero attached hydrogens (tertiary/aromatic N) is 2. The number of β-amino-alcohol motifs (C(OH)–C–C–N with tert-alkyl or cyclic N) is 1. The van der Waals surface area contributed by atoms with Crippen LogP contribution in [0.3, 0.4) is 0 Å². The Balaban J connectivity index is 1.47. The second-order valence-corrected chi connectivity index (χ2v) is 8.35. The minimum atomic E-state index is -3.49. The van der Waals surface area contributed by atoms with Crippen LogP contribution in [0.15, 0.2) is 59.5 Å². The van der Waals surface area contributed by atoms with Gasteiger partial charge in [0, 0.05) is 32.7 Å². The summed E-state index contributed by atoms with van der Waals surface area (Å²) in [5.74, 6) is -0.361. The lowest BCUT2D eigenvalue weighted by molar-refractivity contribution is 0.0557.